The number of nitrogens with zero attached hydrogens (tertiary/aromatic N) is 2. The maximum atomic E-state index is 4.29. The molecule has 3 heteroatoms. The van der Waals surface area contributed by atoms with E-state index < -0.39 is 0 Å². The van der Waals surface area contributed by atoms with E-state index in [1.165, 1.54) is 5.56 Å². The Kier molecular flexibility index (Phi) is 3.47. The lowest BCUT2D eigenvalue weighted by Crippen LogP contribution is -2.04. The molecule has 0 spiro atoms. The molecule has 1 aromatic heterocycles. The van der Waals surface area contributed by atoms with Crippen LogP contribution in [0.1, 0.15) is 32.3 Å². The van der Waals surface area contributed by atoms with Crippen LogP contribution in [0.4, 0.5) is 5.95 Å². The number of anilines is 1. The molecule has 17 heavy (non-hydrogen) atoms. The molecule has 2 rings (SSSR count). The molecule has 1 aromatic carbocycles. The van der Waals surface area contributed by atoms with Crippen LogP contribution >= 0.6 is 0 Å². The van der Waals surface area contributed by atoms with Gasteiger partial charge >= 0.3 is 0 Å². The largest absolute Gasteiger partial charge is 0.356 e. The smallest absolute Gasteiger partial charge is 0.207 e. The Morgan fingerprint density at radius 2 is 1.94 bits per heavy atom. The summed E-state index contributed by atoms with van der Waals surface area (Å²) in [6.07, 6.45) is 3.79. The van der Waals surface area contributed by atoms with Crippen LogP contribution in [0.15, 0.2) is 36.7 Å². The van der Waals surface area contributed by atoms with Crippen LogP contribution in [0.3, 0.4) is 0 Å². The van der Waals surface area contributed by atoms with Gasteiger partial charge < -0.3 is 5.32 Å². The van der Waals surface area contributed by atoms with Gasteiger partial charge in [0.1, 0.15) is 0 Å². The van der Waals surface area contributed by atoms with E-state index in [1.807, 2.05) is 12.4 Å². The second kappa shape index (κ2) is 5.04. The van der Waals surface area contributed by atoms with E-state index in [-0.39, 0.29) is 0 Å². The van der Waals surface area contributed by atoms with Crippen LogP contribution in [0, 0.1) is 0 Å². The molecule has 0 saturated heterocycles. The third-order valence-electron chi connectivity index (χ3n) is 2.81. The first-order valence-electron chi connectivity index (χ1n) is 6.10. The molecule has 2 aromatic rings. The predicted molar refractivity (Wildman–Crippen MR) is 71.8 cm³/mol. The van der Waals surface area contributed by atoms with Gasteiger partial charge in [-0.3, -0.25) is 4.57 Å². The Bertz CT molecular complexity index is 468. The summed E-state index contributed by atoms with van der Waals surface area (Å²) in [7, 11) is 0. The summed E-state index contributed by atoms with van der Waals surface area (Å²) >= 11 is 0. The van der Waals surface area contributed by atoms with Gasteiger partial charge in [-0.15, -0.1) is 0 Å². The maximum Gasteiger partial charge on any atom is 0.207 e. The van der Waals surface area contributed by atoms with E-state index in [1.54, 1.807) is 0 Å². The van der Waals surface area contributed by atoms with Crippen molar-refractivity contribution in [3.8, 4) is 5.69 Å². The van der Waals surface area contributed by atoms with E-state index in [0.29, 0.717) is 5.92 Å². The zero-order valence-corrected chi connectivity index (χ0v) is 10.6. The molecular formula is C14H19N3. The summed E-state index contributed by atoms with van der Waals surface area (Å²) in [4.78, 5) is 4.29. The van der Waals surface area contributed by atoms with Crippen LogP contribution in [-0.4, -0.2) is 16.1 Å². The lowest BCUT2D eigenvalue weighted by Gasteiger charge is -2.10. The Morgan fingerprint density at radius 3 is 2.53 bits per heavy atom. The van der Waals surface area contributed by atoms with E-state index in [0.717, 1.165) is 18.2 Å². The van der Waals surface area contributed by atoms with Gasteiger partial charge in [0.15, 0.2) is 0 Å². The molecule has 0 unspecified atom stereocenters. The number of benzene rings is 1. The van der Waals surface area contributed by atoms with Gasteiger partial charge in [0, 0.05) is 24.6 Å². The first-order chi connectivity index (χ1) is 8.22. The number of aromatic nitrogens is 2. The zero-order valence-electron chi connectivity index (χ0n) is 10.6. The first kappa shape index (κ1) is 11.7. The van der Waals surface area contributed by atoms with Crippen LogP contribution in [0.2, 0.25) is 0 Å². The first-order valence-corrected chi connectivity index (χ1v) is 6.10. The average molecular weight is 229 g/mol. The summed E-state index contributed by atoms with van der Waals surface area (Å²) < 4.78 is 2.06. The van der Waals surface area contributed by atoms with Gasteiger partial charge in [0.2, 0.25) is 5.95 Å². The molecule has 0 atom stereocenters. The fourth-order valence-corrected chi connectivity index (χ4v) is 1.82. The van der Waals surface area contributed by atoms with Gasteiger partial charge in [0.25, 0.3) is 0 Å². The van der Waals surface area contributed by atoms with Crippen LogP contribution in [0.25, 0.3) is 5.69 Å². The highest BCUT2D eigenvalue weighted by atomic mass is 15.2. The third-order valence-corrected chi connectivity index (χ3v) is 2.81. The third kappa shape index (κ3) is 2.49. The molecule has 0 bridgehead atoms. The Labute approximate surface area is 103 Å². The molecular weight excluding hydrogens is 210 g/mol. The zero-order chi connectivity index (χ0) is 12.3. The van der Waals surface area contributed by atoms with Gasteiger partial charge in [0.05, 0.1) is 0 Å². The van der Waals surface area contributed by atoms with Crippen molar-refractivity contribution in [2.75, 3.05) is 11.9 Å². The average Bonchev–Trinajstić information content (AvgIpc) is 2.78. The molecule has 1 N–H and O–H groups in total. The second-order valence-electron chi connectivity index (χ2n) is 4.40. The summed E-state index contributed by atoms with van der Waals surface area (Å²) in [5, 5.41) is 3.24. The molecule has 1 heterocycles. The van der Waals surface area contributed by atoms with Crippen LogP contribution < -0.4 is 5.32 Å². The molecule has 0 aliphatic rings. The molecule has 0 aliphatic carbocycles. The number of imidazole rings is 1. The van der Waals surface area contributed by atoms with Crippen molar-refractivity contribution < 1.29 is 0 Å². The fraction of sp³-hybridized carbons (Fsp3) is 0.357. The maximum absolute atomic E-state index is 4.29. The van der Waals surface area contributed by atoms with Crippen molar-refractivity contribution in [1.29, 1.82) is 0 Å². The molecule has 0 fully saturated rings. The Hall–Kier alpha value is -1.77. The highest BCUT2D eigenvalue weighted by Gasteiger charge is 2.04. The Morgan fingerprint density at radius 1 is 1.24 bits per heavy atom. The van der Waals surface area contributed by atoms with Gasteiger partial charge in [-0.1, -0.05) is 26.0 Å². The molecule has 0 aliphatic heterocycles. The SMILES string of the molecule is CCNc1nccn1-c1ccc(C(C)C)cc1. The second-order valence-corrected chi connectivity index (χ2v) is 4.40. The molecule has 3 nitrogen and oxygen atoms in total. The van der Waals surface area contributed by atoms with E-state index in [9.17, 15) is 0 Å². The summed E-state index contributed by atoms with van der Waals surface area (Å²) in [6.45, 7) is 7.36. The summed E-state index contributed by atoms with van der Waals surface area (Å²) in [5.41, 5.74) is 2.50. The van der Waals surface area contributed by atoms with Crippen molar-refractivity contribution in [2.24, 2.45) is 0 Å². The predicted octanol–water partition coefficient (Wildman–Crippen LogP) is 3.43. The minimum atomic E-state index is 0.570. The standard InChI is InChI=1S/C14H19N3/c1-4-15-14-16-9-10-17(14)13-7-5-12(6-8-13)11(2)3/h5-11H,4H2,1-3H3,(H,15,16). The minimum Gasteiger partial charge on any atom is -0.356 e. The lowest BCUT2D eigenvalue weighted by atomic mass is 10.0. The fourth-order valence-electron chi connectivity index (χ4n) is 1.82. The van der Waals surface area contributed by atoms with Crippen LogP contribution in [-0.2, 0) is 0 Å². The highest BCUT2D eigenvalue weighted by molar-refractivity contribution is 5.43. The summed E-state index contributed by atoms with van der Waals surface area (Å²) in [6, 6.07) is 8.63. The Balaban J connectivity index is 2.30. The number of nitrogens with one attached hydrogen (secondary N) is 1. The van der Waals surface area contributed by atoms with Crippen molar-refractivity contribution >= 4 is 5.95 Å². The number of hydrogen-bond donors (Lipinski definition) is 1. The van der Waals surface area contributed by atoms with Crippen molar-refractivity contribution in [2.45, 2.75) is 26.7 Å². The minimum absolute atomic E-state index is 0.570. The molecule has 0 saturated carbocycles. The summed E-state index contributed by atoms with van der Waals surface area (Å²) in [5.74, 6) is 1.46. The molecule has 0 radical (unpaired) electrons. The number of rotatable bonds is 4. The molecule has 0 amide bonds. The van der Waals surface area contributed by atoms with Gasteiger partial charge in [-0.2, -0.15) is 0 Å². The normalized spacial score (nSPS) is 10.8. The van der Waals surface area contributed by atoms with Crippen molar-refractivity contribution in [1.82, 2.24) is 9.55 Å². The quantitative estimate of drug-likeness (QED) is 0.870. The monoisotopic (exact) mass is 229 g/mol. The van der Waals surface area contributed by atoms with E-state index in [4.69, 9.17) is 0 Å². The van der Waals surface area contributed by atoms with E-state index in [2.05, 4.69) is 59.9 Å². The molecule has 90 valence electrons. The highest BCUT2D eigenvalue weighted by Crippen LogP contribution is 2.19. The van der Waals surface area contributed by atoms with Crippen molar-refractivity contribution in [3.05, 3.63) is 42.2 Å². The lowest BCUT2D eigenvalue weighted by molar-refractivity contribution is 0.865. The number of hydrogen-bond acceptors (Lipinski definition) is 2. The van der Waals surface area contributed by atoms with Crippen molar-refractivity contribution in [3.63, 3.8) is 0 Å². The van der Waals surface area contributed by atoms with Gasteiger partial charge in [-0.05, 0) is 30.5 Å². The van der Waals surface area contributed by atoms with Crippen LogP contribution in [0.5, 0.6) is 0 Å². The topological polar surface area (TPSA) is 29.9 Å². The van der Waals surface area contributed by atoms with E-state index >= 15 is 0 Å². The van der Waals surface area contributed by atoms with Gasteiger partial charge in [-0.25, -0.2) is 4.98 Å².